The number of carbonyl (C=O) groups excluding carboxylic acids is 1. The molecule has 26 heavy (non-hydrogen) atoms. The predicted octanol–water partition coefficient (Wildman–Crippen LogP) is 3.06. The summed E-state index contributed by atoms with van der Waals surface area (Å²) in [4.78, 5) is 11.1. The summed E-state index contributed by atoms with van der Waals surface area (Å²) in [6, 6.07) is 6.42. The van der Waals surface area contributed by atoms with E-state index in [9.17, 15) is 35.2 Å². The lowest BCUT2D eigenvalue weighted by Gasteiger charge is -2.13. The number of para-hydroxylation sites is 1. The average molecular weight is 394 g/mol. The van der Waals surface area contributed by atoms with Gasteiger partial charge in [0.1, 0.15) is 18.2 Å². The first-order chi connectivity index (χ1) is 12.0. The second-order valence-corrected chi connectivity index (χ2v) is 6.74. The molecule has 0 saturated heterocycles. The third-order valence-corrected chi connectivity index (χ3v) is 4.36. The van der Waals surface area contributed by atoms with Crippen LogP contribution in [0.3, 0.4) is 0 Å². The highest BCUT2D eigenvalue weighted by atomic mass is 32.2. The van der Waals surface area contributed by atoms with Gasteiger partial charge in [-0.1, -0.05) is 12.1 Å². The van der Waals surface area contributed by atoms with Crippen LogP contribution in [-0.4, -0.2) is 27.0 Å². The molecule has 0 radical (unpaired) electrons. The molecule has 2 aromatic carbocycles. The van der Waals surface area contributed by atoms with Crippen LogP contribution < -0.4 is 10.0 Å². The van der Waals surface area contributed by atoms with Crippen molar-refractivity contribution in [3.63, 3.8) is 0 Å². The Morgan fingerprint density at radius 1 is 1.00 bits per heavy atom. The number of halogens is 5. The largest absolute Gasteiger partial charge is 0.405 e. The third-order valence-electron chi connectivity index (χ3n) is 3.01. The van der Waals surface area contributed by atoms with Gasteiger partial charge in [-0.25, -0.2) is 17.2 Å². The summed E-state index contributed by atoms with van der Waals surface area (Å²) in [5, 5.41) is 1.60. The maximum absolute atomic E-state index is 13.2. The molecule has 140 valence electrons. The molecule has 0 fully saturated rings. The second-order valence-electron chi connectivity index (χ2n) is 5.05. The van der Waals surface area contributed by atoms with E-state index in [1.165, 1.54) is 12.1 Å². The molecular formula is C15H11F5N2O3S. The molecular weight excluding hydrogens is 383 g/mol. The molecule has 0 bridgehead atoms. The molecule has 2 rings (SSSR count). The fourth-order valence-corrected chi connectivity index (χ4v) is 3.05. The van der Waals surface area contributed by atoms with Gasteiger partial charge in [0.05, 0.1) is 16.1 Å². The van der Waals surface area contributed by atoms with E-state index in [-0.39, 0.29) is 5.69 Å². The maximum atomic E-state index is 13.2. The third kappa shape index (κ3) is 5.15. The summed E-state index contributed by atoms with van der Waals surface area (Å²) >= 11 is 0. The standard InChI is InChI=1S/C15H11F5N2O3S/c16-9-5-10(17)7-11(6-9)26(24,25)22-13-4-2-1-3-12(13)14(23)21-8-15(18,19)20/h1-7,22H,8H2,(H,21,23). The zero-order valence-corrected chi connectivity index (χ0v) is 13.6. The van der Waals surface area contributed by atoms with E-state index < -0.39 is 50.7 Å². The molecule has 0 aliphatic carbocycles. The molecule has 0 aliphatic heterocycles. The zero-order chi connectivity index (χ0) is 19.5. The first kappa shape index (κ1) is 19.6. The molecule has 0 aromatic heterocycles. The van der Waals surface area contributed by atoms with Gasteiger partial charge in [-0.05, 0) is 24.3 Å². The fraction of sp³-hybridized carbons (Fsp3) is 0.133. The summed E-state index contributed by atoms with van der Waals surface area (Å²) in [6.45, 7) is -1.61. The number of amides is 1. The van der Waals surface area contributed by atoms with E-state index in [2.05, 4.69) is 0 Å². The predicted molar refractivity (Wildman–Crippen MR) is 82.0 cm³/mol. The van der Waals surface area contributed by atoms with Gasteiger partial charge in [0, 0.05) is 6.07 Å². The van der Waals surface area contributed by atoms with Crippen LogP contribution in [0.25, 0.3) is 0 Å². The van der Waals surface area contributed by atoms with Gasteiger partial charge in [-0.3, -0.25) is 9.52 Å². The molecule has 11 heteroatoms. The Balaban J connectivity index is 2.31. The van der Waals surface area contributed by atoms with Crippen LogP contribution in [0.1, 0.15) is 10.4 Å². The van der Waals surface area contributed by atoms with Gasteiger partial charge < -0.3 is 5.32 Å². The summed E-state index contributed by atoms with van der Waals surface area (Å²) in [7, 11) is -4.49. The topological polar surface area (TPSA) is 75.3 Å². The highest BCUT2D eigenvalue weighted by Gasteiger charge is 2.28. The number of hydrogen-bond acceptors (Lipinski definition) is 3. The number of anilines is 1. The van der Waals surface area contributed by atoms with Crippen molar-refractivity contribution in [1.29, 1.82) is 0 Å². The molecule has 0 saturated carbocycles. The van der Waals surface area contributed by atoms with Crippen molar-refractivity contribution in [3.05, 3.63) is 59.7 Å². The lowest BCUT2D eigenvalue weighted by Crippen LogP contribution is -2.34. The van der Waals surface area contributed by atoms with E-state index in [4.69, 9.17) is 0 Å². The van der Waals surface area contributed by atoms with E-state index in [1.807, 2.05) is 4.72 Å². The molecule has 1 amide bonds. The molecule has 2 N–H and O–H groups in total. The van der Waals surface area contributed by atoms with Crippen LogP contribution in [0.2, 0.25) is 0 Å². The Kier molecular flexibility index (Phi) is 5.50. The van der Waals surface area contributed by atoms with Crippen LogP contribution >= 0.6 is 0 Å². The number of hydrogen-bond donors (Lipinski definition) is 2. The molecule has 0 unspecified atom stereocenters. The van der Waals surface area contributed by atoms with Gasteiger partial charge in [0.2, 0.25) is 0 Å². The van der Waals surface area contributed by atoms with Gasteiger partial charge >= 0.3 is 6.18 Å². The summed E-state index contributed by atoms with van der Waals surface area (Å²) < 4.78 is 89.5. The number of rotatable bonds is 5. The van der Waals surface area contributed by atoms with Crippen molar-refractivity contribution >= 4 is 21.6 Å². The minimum absolute atomic E-state index is 0.350. The Morgan fingerprint density at radius 3 is 2.15 bits per heavy atom. The first-order valence-electron chi connectivity index (χ1n) is 6.91. The highest BCUT2D eigenvalue weighted by Crippen LogP contribution is 2.22. The van der Waals surface area contributed by atoms with Gasteiger partial charge in [0.15, 0.2) is 0 Å². The molecule has 0 atom stereocenters. The van der Waals surface area contributed by atoms with Crippen molar-refractivity contribution in [3.8, 4) is 0 Å². The van der Waals surface area contributed by atoms with E-state index in [0.29, 0.717) is 18.2 Å². The second kappa shape index (κ2) is 7.28. The number of nitrogens with one attached hydrogen (secondary N) is 2. The lowest BCUT2D eigenvalue weighted by atomic mass is 10.1. The quantitative estimate of drug-likeness (QED) is 0.766. The van der Waals surface area contributed by atoms with Crippen LogP contribution in [0, 0.1) is 11.6 Å². The highest BCUT2D eigenvalue weighted by molar-refractivity contribution is 7.92. The normalized spacial score (nSPS) is 11.9. The summed E-state index contributed by atoms with van der Waals surface area (Å²) in [5.74, 6) is -3.45. The number of carbonyl (C=O) groups is 1. The Hall–Kier alpha value is -2.69. The van der Waals surface area contributed by atoms with Crippen molar-refractivity contribution < 1.29 is 35.2 Å². The van der Waals surface area contributed by atoms with Crippen LogP contribution in [0.15, 0.2) is 47.4 Å². The molecule has 0 heterocycles. The molecule has 5 nitrogen and oxygen atoms in total. The minimum Gasteiger partial charge on any atom is -0.343 e. The fourth-order valence-electron chi connectivity index (χ4n) is 1.93. The van der Waals surface area contributed by atoms with Crippen LogP contribution in [0.5, 0.6) is 0 Å². The first-order valence-corrected chi connectivity index (χ1v) is 8.39. The SMILES string of the molecule is O=C(NCC(F)(F)F)c1ccccc1NS(=O)(=O)c1cc(F)cc(F)c1. The van der Waals surface area contributed by atoms with Gasteiger partial charge in [-0.2, -0.15) is 13.2 Å². The minimum atomic E-state index is -4.65. The van der Waals surface area contributed by atoms with Crippen molar-refractivity contribution in [2.75, 3.05) is 11.3 Å². The lowest BCUT2D eigenvalue weighted by molar-refractivity contribution is -0.123. The number of alkyl halides is 3. The summed E-state index contributed by atoms with van der Waals surface area (Å²) in [5.41, 5.74) is -0.742. The van der Waals surface area contributed by atoms with Gasteiger partial charge in [0.25, 0.3) is 15.9 Å². The van der Waals surface area contributed by atoms with E-state index >= 15 is 0 Å². The monoisotopic (exact) mass is 394 g/mol. The zero-order valence-electron chi connectivity index (χ0n) is 12.8. The number of sulfonamides is 1. The van der Waals surface area contributed by atoms with E-state index in [1.54, 1.807) is 5.32 Å². The van der Waals surface area contributed by atoms with Crippen molar-refractivity contribution in [2.24, 2.45) is 0 Å². The van der Waals surface area contributed by atoms with Crippen molar-refractivity contribution in [1.82, 2.24) is 5.32 Å². The Morgan fingerprint density at radius 2 is 1.58 bits per heavy atom. The average Bonchev–Trinajstić information content (AvgIpc) is 2.51. The maximum Gasteiger partial charge on any atom is 0.405 e. The van der Waals surface area contributed by atoms with Crippen LogP contribution in [-0.2, 0) is 10.0 Å². The molecule has 0 spiro atoms. The summed E-state index contributed by atoms with van der Waals surface area (Å²) in [6.07, 6.45) is -4.65. The Labute approximate surface area is 144 Å². The molecule has 2 aromatic rings. The van der Waals surface area contributed by atoms with Crippen molar-refractivity contribution in [2.45, 2.75) is 11.1 Å². The van der Waals surface area contributed by atoms with E-state index in [0.717, 1.165) is 12.1 Å². The molecule has 0 aliphatic rings. The smallest absolute Gasteiger partial charge is 0.343 e. The number of benzene rings is 2. The Bertz CT molecular complexity index is 909. The van der Waals surface area contributed by atoms with Crippen LogP contribution in [0.4, 0.5) is 27.6 Å². The van der Waals surface area contributed by atoms with Gasteiger partial charge in [-0.15, -0.1) is 0 Å².